The van der Waals surface area contributed by atoms with Gasteiger partial charge in [0.05, 0.1) is 11.2 Å². The minimum atomic E-state index is -1.10. The molecule has 0 saturated carbocycles. The third kappa shape index (κ3) is 2.29. The van der Waals surface area contributed by atoms with Crippen LogP contribution in [-0.2, 0) is 9.59 Å². The van der Waals surface area contributed by atoms with Gasteiger partial charge in [-0.1, -0.05) is 6.08 Å². The number of rotatable bonds is 3. The third-order valence-corrected chi connectivity index (χ3v) is 5.68. The normalized spacial score (nSPS) is 25.2. The molecule has 3 heterocycles. The van der Waals surface area contributed by atoms with E-state index < -0.39 is 12.0 Å². The maximum absolute atomic E-state index is 11.8. The second-order valence-electron chi connectivity index (χ2n) is 4.75. The summed E-state index contributed by atoms with van der Waals surface area (Å²) in [5.41, 5.74) is 9.01. The van der Waals surface area contributed by atoms with Gasteiger partial charge in [0.25, 0.3) is 0 Å². The van der Waals surface area contributed by atoms with Crippen LogP contribution in [0, 0.1) is 6.92 Å². The van der Waals surface area contributed by atoms with Crippen LogP contribution in [0.3, 0.4) is 0 Å². The SMILES string of the molecule is Cc1ncsc1/C=C\C1=C(C(=O)O)N2C(=O)[C@@H](N)[C@@H]2SC1. The van der Waals surface area contributed by atoms with Crippen molar-refractivity contribution < 1.29 is 14.7 Å². The number of nitrogens with two attached hydrogens (primary N) is 1. The number of hydrogen-bond donors (Lipinski definition) is 2. The fourth-order valence-electron chi connectivity index (χ4n) is 2.32. The van der Waals surface area contributed by atoms with Crippen LogP contribution in [0.5, 0.6) is 0 Å². The molecule has 0 radical (unpaired) electrons. The summed E-state index contributed by atoms with van der Waals surface area (Å²) in [5, 5.41) is 9.14. The predicted molar refractivity (Wildman–Crippen MR) is 81.6 cm³/mol. The van der Waals surface area contributed by atoms with Crippen LogP contribution >= 0.6 is 23.1 Å². The summed E-state index contributed by atoms with van der Waals surface area (Å²) in [7, 11) is 0. The second-order valence-corrected chi connectivity index (χ2v) is 6.74. The second kappa shape index (κ2) is 5.28. The number of thiazole rings is 1. The van der Waals surface area contributed by atoms with Gasteiger partial charge in [0, 0.05) is 10.6 Å². The maximum atomic E-state index is 11.8. The van der Waals surface area contributed by atoms with E-state index in [9.17, 15) is 14.7 Å². The molecule has 0 unspecified atom stereocenters. The van der Waals surface area contributed by atoms with E-state index in [2.05, 4.69) is 4.98 Å². The Bertz CT molecular complexity index is 680. The molecule has 2 atom stereocenters. The summed E-state index contributed by atoms with van der Waals surface area (Å²) in [5.74, 6) is -0.899. The molecule has 1 aromatic rings. The number of amides is 1. The highest BCUT2D eigenvalue weighted by Crippen LogP contribution is 2.39. The summed E-state index contributed by atoms with van der Waals surface area (Å²) >= 11 is 2.98. The molecule has 0 aromatic carbocycles. The van der Waals surface area contributed by atoms with Crippen molar-refractivity contribution in [1.29, 1.82) is 0 Å². The van der Waals surface area contributed by atoms with Gasteiger partial charge in [-0.05, 0) is 18.6 Å². The fraction of sp³-hybridized carbons (Fsp3) is 0.308. The van der Waals surface area contributed by atoms with Crippen LogP contribution in [0.1, 0.15) is 10.6 Å². The van der Waals surface area contributed by atoms with E-state index in [0.717, 1.165) is 10.6 Å². The van der Waals surface area contributed by atoms with Crippen molar-refractivity contribution in [3.63, 3.8) is 0 Å². The zero-order chi connectivity index (χ0) is 15.1. The van der Waals surface area contributed by atoms with Gasteiger partial charge in [0.15, 0.2) is 0 Å². The van der Waals surface area contributed by atoms with Gasteiger partial charge in [-0.3, -0.25) is 9.69 Å². The van der Waals surface area contributed by atoms with Crippen LogP contribution in [-0.4, -0.2) is 44.0 Å². The van der Waals surface area contributed by atoms with Gasteiger partial charge < -0.3 is 10.8 Å². The number of carbonyl (C=O) groups excluding carboxylic acids is 1. The quantitative estimate of drug-likeness (QED) is 0.807. The number of β-lactam (4-membered cyclic amide) rings is 1. The Hall–Kier alpha value is -1.64. The largest absolute Gasteiger partial charge is 0.477 e. The van der Waals surface area contributed by atoms with Gasteiger partial charge in [0.2, 0.25) is 5.91 Å². The van der Waals surface area contributed by atoms with Crippen molar-refractivity contribution in [3.8, 4) is 0 Å². The van der Waals surface area contributed by atoms with Gasteiger partial charge in [-0.15, -0.1) is 23.1 Å². The van der Waals surface area contributed by atoms with Crippen molar-refractivity contribution in [3.05, 3.63) is 33.4 Å². The molecule has 3 N–H and O–H groups in total. The van der Waals surface area contributed by atoms with Crippen LogP contribution in [0.15, 0.2) is 22.9 Å². The summed E-state index contributed by atoms with van der Waals surface area (Å²) in [4.78, 5) is 29.7. The van der Waals surface area contributed by atoms with E-state index >= 15 is 0 Å². The first kappa shape index (κ1) is 14.3. The molecule has 0 spiro atoms. The molecule has 8 heteroatoms. The van der Waals surface area contributed by atoms with E-state index in [1.165, 1.54) is 28.0 Å². The predicted octanol–water partition coefficient (Wildman–Crippen LogP) is 1.05. The first-order valence-corrected chi connectivity index (χ1v) is 8.18. The lowest BCUT2D eigenvalue weighted by Crippen LogP contribution is -2.68. The minimum Gasteiger partial charge on any atom is -0.477 e. The number of fused-ring (bicyclic) bond motifs is 1. The number of aromatic nitrogens is 1. The molecule has 1 amide bonds. The van der Waals surface area contributed by atoms with Crippen LogP contribution in [0.4, 0.5) is 0 Å². The number of allylic oxidation sites excluding steroid dienone is 1. The van der Waals surface area contributed by atoms with Crippen LogP contribution in [0.25, 0.3) is 6.08 Å². The number of aryl methyl sites for hydroxylation is 1. The van der Waals surface area contributed by atoms with Crippen molar-refractivity contribution in [2.75, 3.05) is 5.75 Å². The van der Waals surface area contributed by atoms with Gasteiger partial charge in [0.1, 0.15) is 17.1 Å². The Balaban J connectivity index is 1.95. The molecule has 2 aliphatic heterocycles. The average Bonchev–Trinajstić information content (AvgIpc) is 2.88. The lowest BCUT2D eigenvalue weighted by molar-refractivity contribution is -0.147. The van der Waals surface area contributed by atoms with Gasteiger partial charge in [-0.2, -0.15) is 0 Å². The first-order chi connectivity index (χ1) is 10.0. The molecule has 110 valence electrons. The summed E-state index contributed by atoms with van der Waals surface area (Å²) in [6, 6.07) is -0.598. The highest BCUT2D eigenvalue weighted by atomic mass is 32.2. The molecule has 21 heavy (non-hydrogen) atoms. The monoisotopic (exact) mass is 323 g/mol. The Morgan fingerprint density at radius 3 is 2.95 bits per heavy atom. The van der Waals surface area contributed by atoms with E-state index in [1.54, 1.807) is 11.6 Å². The van der Waals surface area contributed by atoms with E-state index in [1.807, 2.05) is 13.0 Å². The van der Waals surface area contributed by atoms with Gasteiger partial charge >= 0.3 is 5.97 Å². The van der Waals surface area contributed by atoms with Crippen molar-refractivity contribution in [2.24, 2.45) is 5.73 Å². The lowest BCUT2D eigenvalue weighted by Gasteiger charge is -2.47. The molecule has 0 bridgehead atoms. The molecule has 3 rings (SSSR count). The molecular formula is C13H13N3O3S2. The molecule has 2 aliphatic rings. The minimum absolute atomic E-state index is 0.0452. The third-order valence-electron chi connectivity index (χ3n) is 3.46. The van der Waals surface area contributed by atoms with Crippen LogP contribution in [0.2, 0.25) is 0 Å². The number of aliphatic carboxylic acids is 1. The maximum Gasteiger partial charge on any atom is 0.352 e. The summed E-state index contributed by atoms with van der Waals surface area (Å²) in [6.45, 7) is 1.90. The topological polar surface area (TPSA) is 96.5 Å². The zero-order valence-electron chi connectivity index (χ0n) is 11.1. The Labute approximate surface area is 129 Å². The molecular weight excluding hydrogens is 310 g/mol. The number of hydrogen-bond acceptors (Lipinski definition) is 6. The lowest BCUT2D eigenvalue weighted by atomic mass is 10.0. The molecule has 0 aliphatic carbocycles. The molecule has 1 saturated heterocycles. The average molecular weight is 323 g/mol. The van der Waals surface area contributed by atoms with E-state index in [0.29, 0.717) is 11.3 Å². The highest BCUT2D eigenvalue weighted by Gasteiger charge is 2.51. The zero-order valence-corrected chi connectivity index (χ0v) is 12.8. The van der Waals surface area contributed by atoms with Crippen molar-refractivity contribution >= 4 is 41.1 Å². The highest BCUT2D eigenvalue weighted by molar-refractivity contribution is 8.00. The summed E-state index contributed by atoms with van der Waals surface area (Å²) in [6.07, 6.45) is 3.60. The standard InChI is InChI=1S/C13H13N3O3S2/c1-6-8(21-5-15-6)3-2-7-4-20-12-9(14)11(17)16(12)10(7)13(18)19/h2-3,5,9,12H,4,14H2,1H3,(H,18,19)/b3-2-/t9-,12+/m1/s1. The number of carbonyl (C=O) groups is 2. The fourth-order valence-corrected chi connectivity index (χ4v) is 4.27. The van der Waals surface area contributed by atoms with E-state index in [4.69, 9.17) is 5.73 Å². The molecule has 6 nitrogen and oxygen atoms in total. The Morgan fingerprint density at radius 1 is 1.57 bits per heavy atom. The number of carboxylic acid groups (broad SMARTS) is 1. The van der Waals surface area contributed by atoms with E-state index in [-0.39, 0.29) is 17.0 Å². The Morgan fingerprint density at radius 2 is 2.33 bits per heavy atom. The smallest absolute Gasteiger partial charge is 0.352 e. The number of nitrogens with zero attached hydrogens (tertiary/aromatic N) is 2. The number of thioether (sulfide) groups is 1. The number of carboxylic acids is 1. The first-order valence-electron chi connectivity index (χ1n) is 6.25. The summed E-state index contributed by atoms with van der Waals surface area (Å²) < 4.78 is 0. The molecule has 1 aromatic heterocycles. The van der Waals surface area contributed by atoms with Crippen LogP contribution < -0.4 is 5.73 Å². The molecule has 1 fully saturated rings. The van der Waals surface area contributed by atoms with Gasteiger partial charge in [-0.25, -0.2) is 9.78 Å². The van der Waals surface area contributed by atoms with Crippen molar-refractivity contribution in [1.82, 2.24) is 9.88 Å². The van der Waals surface area contributed by atoms with Crippen molar-refractivity contribution in [2.45, 2.75) is 18.3 Å². The Kier molecular flexibility index (Phi) is 3.60.